The second-order valence-electron chi connectivity index (χ2n) is 3.56. The summed E-state index contributed by atoms with van der Waals surface area (Å²) in [6.07, 6.45) is 2.47. The van der Waals surface area contributed by atoms with E-state index in [4.69, 9.17) is 5.11 Å². The van der Waals surface area contributed by atoms with Gasteiger partial charge in [0.25, 0.3) is 10.0 Å². The fraction of sp³-hybridized carbons (Fsp3) is 0.100. The monoisotopic (exact) mass is 282 g/mol. The minimum Gasteiger partial charge on any atom is -0.478 e. The maximum Gasteiger partial charge on any atom is 0.340 e. The summed E-state index contributed by atoms with van der Waals surface area (Å²) in [4.78, 5) is 14.8. The third-order valence-corrected chi connectivity index (χ3v) is 3.65. The molecule has 0 aromatic carbocycles. The van der Waals surface area contributed by atoms with Crippen molar-refractivity contribution >= 4 is 16.0 Å². The average Bonchev–Trinajstić information content (AvgIpc) is 2.88. The van der Waals surface area contributed by atoms with Crippen LogP contribution in [0.3, 0.4) is 0 Å². The standard InChI is InChI=1S/C10H10N4O4S/c15-10(16)8-6-12-14-9(8)19(17,18)13-5-7-3-1-2-4-11-7/h1-4,6,13H,5H2,(H,12,14)(H,15,16). The van der Waals surface area contributed by atoms with Gasteiger partial charge in [-0.3, -0.25) is 10.1 Å². The van der Waals surface area contributed by atoms with Gasteiger partial charge < -0.3 is 5.11 Å². The molecule has 100 valence electrons. The second-order valence-corrected chi connectivity index (χ2v) is 5.27. The van der Waals surface area contributed by atoms with Gasteiger partial charge in [0, 0.05) is 6.20 Å². The molecule has 0 saturated carbocycles. The van der Waals surface area contributed by atoms with E-state index in [9.17, 15) is 13.2 Å². The molecule has 0 saturated heterocycles. The third kappa shape index (κ3) is 2.95. The Morgan fingerprint density at radius 1 is 1.42 bits per heavy atom. The number of rotatable bonds is 5. The number of nitrogens with zero attached hydrogens (tertiary/aromatic N) is 2. The summed E-state index contributed by atoms with van der Waals surface area (Å²) >= 11 is 0. The Balaban J connectivity index is 2.19. The van der Waals surface area contributed by atoms with E-state index in [0.29, 0.717) is 5.69 Å². The largest absolute Gasteiger partial charge is 0.478 e. The molecule has 0 unspecified atom stereocenters. The number of carbonyl (C=O) groups is 1. The lowest BCUT2D eigenvalue weighted by Crippen LogP contribution is -2.25. The molecule has 3 N–H and O–H groups in total. The van der Waals surface area contributed by atoms with E-state index in [0.717, 1.165) is 6.20 Å². The van der Waals surface area contributed by atoms with Crippen LogP contribution in [0.5, 0.6) is 0 Å². The smallest absolute Gasteiger partial charge is 0.340 e. The number of carboxylic acid groups (broad SMARTS) is 1. The van der Waals surface area contributed by atoms with Gasteiger partial charge in [-0.1, -0.05) is 6.07 Å². The van der Waals surface area contributed by atoms with Crippen molar-refractivity contribution in [2.24, 2.45) is 0 Å². The maximum atomic E-state index is 11.9. The molecule has 2 heterocycles. The third-order valence-electron chi connectivity index (χ3n) is 2.27. The molecule has 9 heteroatoms. The van der Waals surface area contributed by atoms with Crippen LogP contribution in [0, 0.1) is 0 Å². The van der Waals surface area contributed by atoms with E-state index < -0.39 is 26.6 Å². The Labute approximate surface area is 108 Å². The maximum absolute atomic E-state index is 11.9. The Morgan fingerprint density at radius 3 is 2.84 bits per heavy atom. The number of pyridine rings is 1. The summed E-state index contributed by atoms with van der Waals surface area (Å²) in [6.45, 7) is -0.0404. The Morgan fingerprint density at radius 2 is 2.21 bits per heavy atom. The molecule has 0 radical (unpaired) electrons. The summed E-state index contributed by atoms with van der Waals surface area (Å²) in [6, 6.07) is 5.07. The van der Waals surface area contributed by atoms with Crippen molar-refractivity contribution in [3.8, 4) is 0 Å². The van der Waals surface area contributed by atoms with E-state index >= 15 is 0 Å². The van der Waals surface area contributed by atoms with Crippen LogP contribution in [-0.2, 0) is 16.6 Å². The van der Waals surface area contributed by atoms with Gasteiger partial charge in [0.15, 0.2) is 5.03 Å². The molecule has 2 aromatic rings. The number of sulfonamides is 1. The predicted molar refractivity (Wildman–Crippen MR) is 63.8 cm³/mol. The van der Waals surface area contributed by atoms with Crippen LogP contribution >= 0.6 is 0 Å². The van der Waals surface area contributed by atoms with Crippen molar-refractivity contribution in [3.63, 3.8) is 0 Å². The fourth-order valence-corrected chi connectivity index (χ4v) is 2.46. The summed E-state index contributed by atoms with van der Waals surface area (Å²) in [7, 11) is -3.98. The van der Waals surface area contributed by atoms with Crippen molar-refractivity contribution in [1.29, 1.82) is 0 Å². The van der Waals surface area contributed by atoms with Crippen molar-refractivity contribution in [1.82, 2.24) is 19.9 Å². The Kier molecular flexibility index (Phi) is 3.58. The molecule has 2 rings (SSSR count). The number of hydrogen-bond donors (Lipinski definition) is 3. The summed E-state index contributed by atoms with van der Waals surface area (Å²) in [5.41, 5.74) is 0.107. The Bertz CT molecular complexity index is 681. The normalized spacial score (nSPS) is 11.4. The zero-order valence-corrected chi connectivity index (χ0v) is 10.4. The molecule has 0 spiro atoms. The van der Waals surface area contributed by atoms with Crippen LogP contribution in [-0.4, -0.2) is 34.7 Å². The number of aromatic carboxylic acids is 1. The van der Waals surface area contributed by atoms with Crippen LogP contribution in [0.4, 0.5) is 0 Å². The number of nitrogens with one attached hydrogen (secondary N) is 2. The molecule has 0 fully saturated rings. The minimum atomic E-state index is -3.98. The van der Waals surface area contributed by atoms with Gasteiger partial charge in [0.05, 0.1) is 18.4 Å². The minimum absolute atomic E-state index is 0.0404. The molecule has 0 aliphatic heterocycles. The lowest BCUT2D eigenvalue weighted by Gasteiger charge is -2.05. The molecule has 0 atom stereocenters. The number of carboxylic acids is 1. The number of hydrogen-bond acceptors (Lipinski definition) is 5. The van der Waals surface area contributed by atoms with E-state index in [2.05, 4.69) is 19.9 Å². The van der Waals surface area contributed by atoms with Gasteiger partial charge in [-0.2, -0.15) is 5.10 Å². The van der Waals surface area contributed by atoms with Crippen molar-refractivity contribution in [3.05, 3.63) is 41.9 Å². The van der Waals surface area contributed by atoms with E-state index in [1.54, 1.807) is 18.2 Å². The molecular weight excluding hydrogens is 272 g/mol. The van der Waals surface area contributed by atoms with Crippen LogP contribution in [0.25, 0.3) is 0 Å². The first-order valence-electron chi connectivity index (χ1n) is 5.17. The van der Waals surface area contributed by atoms with Crippen LogP contribution in [0.1, 0.15) is 16.1 Å². The topological polar surface area (TPSA) is 125 Å². The molecule has 2 aromatic heterocycles. The van der Waals surface area contributed by atoms with Crippen molar-refractivity contribution in [2.45, 2.75) is 11.6 Å². The summed E-state index contributed by atoms with van der Waals surface area (Å²) in [5, 5.41) is 13.9. The van der Waals surface area contributed by atoms with Crippen molar-refractivity contribution in [2.75, 3.05) is 0 Å². The van der Waals surface area contributed by atoms with Crippen LogP contribution in [0.2, 0.25) is 0 Å². The second kappa shape index (κ2) is 5.16. The summed E-state index contributed by atoms with van der Waals surface area (Å²) < 4.78 is 26.1. The highest BCUT2D eigenvalue weighted by Crippen LogP contribution is 2.11. The van der Waals surface area contributed by atoms with E-state index in [1.165, 1.54) is 6.20 Å². The quantitative estimate of drug-likeness (QED) is 0.707. The predicted octanol–water partition coefficient (Wildman–Crippen LogP) is -0.0186. The molecule has 8 nitrogen and oxygen atoms in total. The van der Waals surface area contributed by atoms with Crippen molar-refractivity contribution < 1.29 is 18.3 Å². The number of H-pyrrole nitrogens is 1. The lowest BCUT2D eigenvalue weighted by molar-refractivity contribution is 0.0692. The average molecular weight is 282 g/mol. The SMILES string of the molecule is O=C(O)c1cn[nH]c1S(=O)(=O)NCc1ccccn1. The van der Waals surface area contributed by atoms with Gasteiger partial charge in [-0.25, -0.2) is 17.9 Å². The van der Waals surface area contributed by atoms with Gasteiger partial charge in [-0.05, 0) is 12.1 Å². The van der Waals surface area contributed by atoms with Crippen LogP contribution in [0.15, 0.2) is 35.6 Å². The van der Waals surface area contributed by atoms with Gasteiger partial charge in [0.1, 0.15) is 5.56 Å². The lowest BCUT2D eigenvalue weighted by atomic mass is 10.4. The number of aromatic amines is 1. The number of aromatic nitrogens is 3. The first-order chi connectivity index (χ1) is 9.00. The van der Waals surface area contributed by atoms with Crippen LogP contribution < -0.4 is 4.72 Å². The molecule has 0 aliphatic rings. The van der Waals surface area contributed by atoms with Gasteiger partial charge in [0.2, 0.25) is 0 Å². The fourth-order valence-electron chi connectivity index (χ4n) is 1.38. The zero-order valence-electron chi connectivity index (χ0n) is 9.57. The molecular formula is C10H10N4O4S. The zero-order chi connectivity index (χ0) is 13.9. The van der Waals surface area contributed by atoms with Gasteiger partial charge in [-0.15, -0.1) is 0 Å². The highest BCUT2D eigenvalue weighted by Gasteiger charge is 2.24. The van der Waals surface area contributed by atoms with Gasteiger partial charge >= 0.3 is 5.97 Å². The Hall–Kier alpha value is -2.26. The highest BCUT2D eigenvalue weighted by molar-refractivity contribution is 7.89. The first-order valence-corrected chi connectivity index (χ1v) is 6.65. The molecule has 0 bridgehead atoms. The van der Waals surface area contributed by atoms with E-state index in [1.807, 2.05) is 0 Å². The molecule has 19 heavy (non-hydrogen) atoms. The highest BCUT2D eigenvalue weighted by atomic mass is 32.2. The molecule has 0 aliphatic carbocycles. The first kappa shape index (κ1) is 13.2. The summed E-state index contributed by atoms with van der Waals surface area (Å²) in [5.74, 6) is -1.37. The van der Waals surface area contributed by atoms with E-state index in [-0.39, 0.29) is 6.54 Å². The molecule has 0 amide bonds.